The van der Waals surface area contributed by atoms with E-state index in [0.29, 0.717) is 6.54 Å². The second kappa shape index (κ2) is 7.84. The smallest absolute Gasteiger partial charge is 0.229 e. The van der Waals surface area contributed by atoms with Crippen molar-refractivity contribution in [1.29, 1.82) is 0 Å². The third kappa shape index (κ3) is 3.90. The van der Waals surface area contributed by atoms with Crippen molar-refractivity contribution in [2.45, 2.75) is 25.1 Å². The van der Waals surface area contributed by atoms with Crippen LogP contribution in [0.15, 0.2) is 36.4 Å². The first kappa shape index (κ1) is 22.7. The van der Waals surface area contributed by atoms with Gasteiger partial charge in [-0.05, 0) is 29.7 Å². The number of carbonyl (C=O) groups excluding carboxylic acids is 1. The molecule has 1 aliphatic heterocycles. The minimum absolute atomic E-state index is 0.00232. The number of hydrogen-bond acceptors (Lipinski definition) is 3. The third-order valence-corrected chi connectivity index (χ3v) is 6.92. The van der Waals surface area contributed by atoms with Crippen LogP contribution in [0.25, 0.3) is 11.1 Å². The predicted molar refractivity (Wildman–Crippen MR) is 110 cm³/mol. The minimum atomic E-state index is -3.47. The van der Waals surface area contributed by atoms with E-state index in [1.54, 1.807) is 0 Å². The zero-order chi connectivity index (χ0) is 23.4. The molecular formula is C22H22F4N2O3S. The van der Waals surface area contributed by atoms with E-state index in [-0.39, 0.29) is 24.4 Å². The SMILES string of the molecule is C[C@@H]1CN(C(=O)[C@H]2C[C@]2(F)c2c(F)cccc2-c2c(F)cccc2F)[C@@H]1CNS(C)(=O)=O. The van der Waals surface area contributed by atoms with Gasteiger partial charge in [0.1, 0.15) is 17.5 Å². The van der Waals surface area contributed by atoms with Gasteiger partial charge in [0.05, 0.1) is 17.7 Å². The van der Waals surface area contributed by atoms with Crippen molar-refractivity contribution in [3.05, 3.63) is 59.4 Å². The number of hydrogen-bond donors (Lipinski definition) is 1. The Hall–Kier alpha value is -2.46. The molecule has 172 valence electrons. The third-order valence-electron chi connectivity index (χ3n) is 6.23. The van der Waals surface area contributed by atoms with Gasteiger partial charge in [0.15, 0.2) is 5.67 Å². The molecule has 1 N–H and O–H groups in total. The van der Waals surface area contributed by atoms with Gasteiger partial charge in [-0.2, -0.15) is 0 Å². The maximum Gasteiger partial charge on any atom is 0.229 e. The van der Waals surface area contributed by atoms with Crippen LogP contribution in [0.4, 0.5) is 17.6 Å². The highest BCUT2D eigenvalue weighted by Crippen LogP contribution is 2.60. The number of carbonyl (C=O) groups is 1. The van der Waals surface area contributed by atoms with E-state index in [4.69, 9.17) is 0 Å². The number of rotatable bonds is 6. The summed E-state index contributed by atoms with van der Waals surface area (Å²) in [5, 5.41) is 0. The van der Waals surface area contributed by atoms with Crippen LogP contribution in [-0.4, -0.2) is 44.6 Å². The molecule has 32 heavy (non-hydrogen) atoms. The average molecular weight is 470 g/mol. The first-order chi connectivity index (χ1) is 14.9. The number of alkyl halides is 1. The highest BCUT2D eigenvalue weighted by atomic mass is 32.2. The van der Waals surface area contributed by atoms with Crippen LogP contribution in [-0.2, 0) is 20.5 Å². The molecule has 4 rings (SSSR count). The zero-order valence-electron chi connectivity index (χ0n) is 17.4. The number of nitrogens with one attached hydrogen (secondary N) is 1. The number of sulfonamides is 1. The molecule has 1 saturated carbocycles. The molecule has 1 heterocycles. The van der Waals surface area contributed by atoms with E-state index in [1.807, 2.05) is 6.92 Å². The quantitative estimate of drug-likeness (QED) is 0.659. The molecule has 10 heteroatoms. The molecule has 0 aromatic heterocycles. The van der Waals surface area contributed by atoms with Crippen molar-refractivity contribution >= 4 is 15.9 Å². The molecule has 0 unspecified atom stereocenters. The van der Waals surface area contributed by atoms with Crippen LogP contribution in [0.5, 0.6) is 0 Å². The topological polar surface area (TPSA) is 66.5 Å². The van der Waals surface area contributed by atoms with Gasteiger partial charge in [-0.1, -0.05) is 25.1 Å². The van der Waals surface area contributed by atoms with Crippen molar-refractivity contribution in [1.82, 2.24) is 9.62 Å². The summed E-state index contributed by atoms with van der Waals surface area (Å²) < 4.78 is 84.5. The normalized spacial score (nSPS) is 27.2. The van der Waals surface area contributed by atoms with Crippen LogP contribution in [0.3, 0.4) is 0 Å². The van der Waals surface area contributed by atoms with Crippen LogP contribution in [0, 0.1) is 29.3 Å². The van der Waals surface area contributed by atoms with Gasteiger partial charge in [0.2, 0.25) is 15.9 Å². The molecule has 2 aromatic carbocycles. The maximum atomic E-state index is 15.9. The molecule has 5 nitrogen and oxygen atoms in total. The first-order valence-electron chi connectivity index (χ1n) is 10.1. The van der Waals surface area contributed by atoms with Gasteiger partial charge >= 0.3 is 0 Å². The Morgan fingerprint density at radius 2 is 1.72 bits per heavy atom. The molecule has 4 atom stereocenters. The van der Waals surface area contributed by atoms with Gasteiger partial charge in [0.25, 0.3) is 0 Å². The highest BCUT2D eigenvalue weighted by molar-refractivity contribution is 7.88. The zero-order valence-corrected chi connectivity index (χ0v) is 18.2. The molecule has 1 saturated heterocycles. The van der Waals surface area contributed by atoms with Crippen molar-refractivity contribution in [2.24, 2.45) is 11.8 Å². The molecule has 1 amide bonds. The van der Waals surface area contributed by atoms with Crippen LogP contribution in [0.2, 0.25) is 0 Å². The summed E-state index contributed by atoms with van der Waals surface area (Å²) in [6.45, 7) is 2.14. The van der Waals surface area contributed by atoms with Crippen LogP contribution in [0.1, 0.15) is 18.9 Å². The summed E-state index contributed by atoms with van der Waals surface area (Å²) in [4.78, 5) is 14.4. The number of halogens is 4. The fourth-order valence-electron chi connectivity index (χ4n) is 4.45. The molecular weight excluding hydrogens is 448 g/mol. The number of benzene rings is 2. The molecule has 2 aliphatic rings. The summed E-state index contributed by atoms with van der Waals surface area (Å²) in [5.74, 6) is -4.72. The van der Waals surface area contributed by atoms with Gasteiger partial charge in [0, 0.05) is 31.1 Å². The Morgan fingerprint density at radius 1 is 1.12 bits per heavy atom. The largest absolute Gasteiger partial charge is 0.337 e. The monoisotopic (exact) mass is 470 g/mol. The Kier molecular flexibility index (Phi) is 5.57. The summed E-state index contributed by atoms with van der Waals surface area (Å²) in [6, 6.07) is 6.13. The van der Waals surface area contributed by atoms with Crippen molar-refractivity contribution in [2.75, 3.05) is 19.3 Å². The van der Waals surface area contributed by atoms with E-state index < -0.39 is 62.1 Å². The van der Waals surface area contributed by atoms with Gasteiger partial charge in [-0.15, -0.1) is 0 Å². The average Bonchev–Trinajstić information content (AvgIpc) is 3.37. The fourth-order valence-corrected chi connectivity index (χ4v) is 4.92. The van der Waals surface area contributed by atoms with Gasteiger partial charge in [-0.3, -0.25) is 4.79 Å². The molecule has 2 aromatic rings. The van der Waals surface area contributed by atoms with Crippen molar-refractivity contribution in [3.8, 4) is 11.1 Å². The Balaban J connectivity index is 1.63. The minimum Gasteiger partial charge on any atom is -0.337 e. The van der Waals surface area contributed by atoms with Crippen LogP contribution >= 0.6 is 0 Å². The first-order valence-corrected chi connectivity index (χ1v) is 12.0. The molecule has 0 radical (unpaired) electrons. The second-order valence-electron chi connectivity index (χ2n) is 8.53. The molecule has 1 aliphatic carbocycles. The Morgan fingerprint density at radius 3 is 2.31 bits per heavy atom. The second-order valence-corrected chi connectivity index (χ2v) is 10.4. The number of amides is 1. The van der Waals surface area contributed by atoms with Crippen molar-refractivity contribution in [3.63, 3.8) is 0 Å². The fraction of sp³-hybridized carbons (Fsp3) is 0.409. The Labute approximate surface area is 183 Å². The van der Waals surface area contributed by atoms with E-state index in [0.717, 1.165) is 30.5 Å². The molecule has 2 fully saturated rings. The lowest BCUT2D eigenvalue weighted by atomic mass is 9.89. The number of likely N-dealkylation sites (tertiary alicyclic amines) is 1. The summed E-state index contributed by atoms with van der Waals surface area (Å²) in [6.07, 6.45) is 0.671. The summed E-state index contributed by atoms with van der Waals surface area (Å²) >= 11 is 0. The van der Waals surface area contributed by atoms with E-state index in [2.05, 4.69) is 4.72 Å². The molecule has 0 bridgehead atoms. The van der Waals surface area contributed by atoms with E-state index in [1.165, 1.54) is 17.0 Å². The predicted octanol–water partition coefficient (Wildman–Crippen LogP) is 3.35. The maximum absolute atomic E-state index is 15.9. The number of nitrogens with zero attached hydrogens (tertiary/aromatic N) is 1. The van der Waals surface area contributed by atoms with Crippen LogP contribution < -0.4 is 4.72 Å². The summed E-state index contributed by atoms with van der Waals surface area (Å²) in [5.41, 5.74) is -3.78. The standard InChI is InChI=1S/C22H22F4N2O3S/c1-12-11-28(18(12)10-27-32(2,30)31)21(29)14-9-22(14,26)20-13(5-3-8-17(20)25)19-15(23)6-4-7-16(19)24/h3-8,12,14,18,27H,9-11H2,1-2H3/t12-,14-,18-,22-/m1/s1. The van der Waals surface area contributed by atoms with Gasteiger partial charge < -0.3 is 4.90 Å². The lowest BCUT2D eigenvalue weighted by molar-refractivity contribution is -0.145. The van der Waals surface area contributed by atoms with E-state index >= 15 is 4.39 Å². The van der Waals surface area contributed by atoms with Crippen molar-refractivity contribution < 1.29 is 30.8 Å². The van der Waals surface area contributed by atoms with E-state index in [9.17, 15) is 26.4 Å². The lowest BCUT2D eigenvalue weighted by Gasteiger charge is -2.47. The lowest BCUT2D eigenvalue weighted by Crippen LogP contribution is -2.62. The van der Waals surface area contributed by atoms with Gasteiger partial charge in [-0.25, -0.2) is 30.7 Å². The Bertz CT molecular complexity index is 1170. The highest BCUT2D eigenvalue weighted by Gasteiger charge is 2.65. The molecule has 0 spiro atoms. The summed E-state index contributed by atoms with van der Waals surface area (Å²) in [7, 11) is -3.47.